The smallest absolute Gasteiger partial charge is 0.253 e. The number of nitrogens with zero attached hydrogens (tertiary/aromatic N) is 2. The van der Waals surface area contributed by atoms with Crippen molar-refractivity contribution in [2.24, 2.45) is 5.73 Å². The molecule has 0 rings (SSSR count). The number of methoxy groups -OCH3 is 1. The number of hydrogen-bond donors (Lipinski definition) is 1. The maximum atomic E-state index is 12.4. The minimum absolute atomic E-state index is 0.0674. The molecule has 0 unspecified atom stereocenters. The predicted octanol–water partition coefficient (Wildman–Crippen LogP) is 2.89. The molecule has 0 radical (unpaired) electrons. The summed E-state index contributed by atoms with van der Waals surface area (Å²) >= 11 is 3.46. The minimum Gasteiger partial charge on any atom is -0.402 e. The second-order valence-electron chi connectivity index (χ2n) is 5.61. The second kappa shape index (κ2) is 13.2. The highest BCUT2D eigenvalue weighted by molar-refractivity contribution is 9.11. The van der Waals surface area contributed by atoms with Crippen LogP contribution >= 0.6 is 15.9 Å². The number of halogens is 1. The van der Waals surface area contributed by atoms with Gasteiger partial charge in [0.15, 0.2) is 0 Å². The van der Waals surface area contributed by atoms with Crippen molar-refractivity contribution in [3.05, 3.63) is 34.5 Å². The van der Waals surface area contributed by atoms with E-state index in [0.29, 0.717) is 25.1 Å². The molecule has 138 valence electrons. The average molecular weight is 402 g/mol. The number of likely N-dealkylation sites (N-methyl/N-ethyl adjacent to an activating group) is 2. The first-order valence-electron chi connectivity index (χ1n) is 8.31. The summed E-state index contributed by atoms with van der Waals surface area (Å²) in [6.07, 6.45) is 5.19. The van der Waals surface area contributed by atoms with E-state index >= 15 is 0 Å². The van der Waals surface area contributed by atoms with Gasteiger partial charge in [0.05, 0.1) is 6.61 Å². The number of rotatable bonds is 12. The maximum absolute atomic E-state index is 12.4. The average Bonchev–Trinajstić information content (AvgIpc) is 2.58. The molecule has 0 aliphatic rings. The summed E-state index contributed by atoms with van der Waals surface area (Å²) in [5, 5.41) is 0. The zero-order chi connectivity index (χ0) is 18.5. The van der Waals surface area contributed by atoms with E-state index in [-0.39, 0.29) is 5.91 Å². The molecule has 5 nitrogen and oxygen atoms in total. The molecule has 0 spiro atoms. The number of carbonyl (C=O) groups excluding carboxylic acids is 1. The Labute approximate surface area is 155 Å². The van der Waals surface area contributed by atoms with Crippen molar-refractivity contribution in [2.45, 2.75) is 26.7 Å². The Kier molecular flexibility index (Phi) is 12.6. The third kappa shape index (κ3) is 9.90. The van der Waals surface area contributed by atoms with E-state index in [1.54, 1.807) is 25.1 Å². The number of nitrogens with two attached hydrogens (primary N) is 1. The van der Waals surface area contributed by atoms with Gasteiger partial charge in [-0.05, 0) is 29.9 Å². The van der Waals surface area contributed by atoms with Crippen molar-refractivity contribution in [1.29, 1.82) is 0 Å². The van der Waals surface area contributed by atoms with Gasteiger partial charge in [0.25, 0.3) is 5.91 Å². The SMILES string of the molecule is C=C(/C=C(/Br)C/C=C(/N)CC)C(=O)N(C)CCN(CC)CCOC. The largest absolute Gasteiger partial charge is 0.402 e. The lowest BCUT2D eigenvalue weighted by atomic mass is 10.2. The van der Waals surface area contributed by atoms with E-state index in [2.05, 4.69) is 34.3 Å². The van der Waals surface area contributed by atoms with Crippen molar-refractivity contribution < 1.29 is 9.53 Å². The summed E-state index contributed by atoms with van der Waals surface area (Å²) in [6, 6.07) is 0. The number of amides is 1. The fourth-order valence-corrected chi connectivity index (χ4v) is 2.41. The molecule has 0 aromatic rings. The molecule has 0 fully saturated rings. The first kappa shape index (κ1) is 22.9. The molecule has 0 saturated carbocycles. The number of allylic oxidation sites excluding steroid dienone is 3. The Balaban J connectivity index is 4.47. The van der Waals surface area contributed by atoms with E-state index in [4.69, 9.17) is 10.5 Å². The van der Waals surface area contributed by atoms with Crippen LogP contribution in [0.4, 0.5) is 0 Å². The number of ether oxygens (including phenoxy) is 1. The van der Waals surface area contributed by atoms with Gasteiger partial charge in [-0.1, -0.05) is 42.4 Å². The molecule has 0 aromatic carbocycles. The molecule has 2 N–H and O–H groups in total. The van der Waals surface area contributed by atoms with Gasteiger partial charge in [-0.3, -0.25) is 9.69 Å². The van der Waals surface area contributed by atoms with Crippen LogP contribution in [0.1, 0.15) is 26.7 Å². The van der Waals surface area contributed by atoms with E-state index in [0.717, 1.165) is 36.2 Å². The summed E-state index contributed by atoms with van der Waals surface area (Å²) in [4.78, 5) is 16.3. The molecule has 24 heavy (non-hydrogen) atoms. The molecule has 0 aromatic heterocycles. The predicted molar refractivity (Wildman–Crippen MR) is 105 cm³/mol. The first-order valence-corrected chi connectivity index (χ1v) is 9.11. The quantitative estimate of drug-likeness (QED) is 0.403. The van der Waals surface area contributed by atoms with Gasteiger partial charge in [-0.2, -0.15) is 0 Å². The summed E-state index contributed by atoms with van der Waals surface area (Å²) in [5.74, 6) is -0.0674. The number of carbonyl (C=O) groups is 1. The molecule has 0 aliphatic heterocycles. The fourth-order valence-electron chi connectivity index (χ4n) is 1.97. The topological polar surface area (TPSA) is 58.8 Å². The highest BCUT2D eigenvalue weighted by atomic mass is 79.9. The lowest BCUT2D eigenvalue weighted by Crippen LogP contribution is -2.37. The first-order chi connectivity index (χ1) is 11.3. The molecule has 0 aliphatic carbocycles. The number of hydrogen-bond acceptors (Lipinski definition) is 4. The van der Waals surface area contributed by atoms with Crippen LogP contribution in [0.2, 0.25) is 0 Å². The van der Waals surface area contributed by atoms with Gasteiger partial charge < -0.3 is 15.4 Å². The lowest BCUT2D eigenvalue weighted by molar-refractivity contribution is -0.125. The van der Waals surface area contributed by atoms with Crippen LogP contribution in [0.5, 0.6) is 0 Å². The van der Waals surface area contributed by atoms with Crippen molar-refractivity contribution in [2.75, 3.05) is 46.9 Å². The van der Waals surface area contributed by atoms with E-state index in [9.17, 15) is 4.79 Å². The van der Waals surface area contributed by atoms with Crippen LogP contribution in [0.3, 0.4) is 0 Å². The normalized spacial score (nSPS) is 12.6. The van der Waals surface area contributed by atoms with Gasteiger partial charge >= 0.3 is 0 Å². The van der Waals surface area contributed by atoms with Crippen LogP contribution in [0, 0.1) is 0 Å². The Bertz CT molecular complexity index is 461. The van der Waals surface area contributed by atoms with Crippen molar-refractivity contribution in [3.8, 4) is 0 Å². The summed E-state index contributed by atoms with van der Waals surface area (Å²) < 4.78 is 5.99. The Hall–Kier alpha value is -1.11. The minimum atomic E-state index is -0.0674. The molecule has 1 amide bonds. The maximum Gasteiger partial charge on any atom is 0.253 e. The second-order valence-corrected chi connectivity index (χ2v) is 6.63. The van der Waals surface area contributed by atoms with Gasteiger partial charge in [0.1, 0.15) is 0 Å². The van der Waals surface area contributed by atoms with Gasteiger partial charge in [0.2, 0.25) is 0 Å². The monoisotopic (exact) mass is 401 g/mol. The van der Waals surface area contributed by atoms with Crippen molar-refractivity contribution in [3.63, 3.8) is 0 Å². The highest BCUT2D eigenvalue weighted by Gasteiger charge is 2.12. The third-order valence-corrected chi connectivity index (χ3v) is 4.28. The van der Waals surface area contributed by atoms with E-state index in [1.165, 1.54) is 0 Å². The molecular weight excluding hydrogens is 370 g/mol. The molecule has 0 atom stereocenters. The van der Waals surface area contributed by atoms with Crippen LogP contribution in [0.25, 0.3) is 0 Å². The van der Waals surface area contributed by atoms with E-state index in [1.807, 2.05) is 13.0 Å². The lowest BCUT2D eigenvalue weighted by Gasteiger charge is -2.24. The standard InChI is InChI=1S/C18H32BrN3O2/c1-6-17(20)9-8-16(19)14-15(3)18(23)21(4)10-11-22(7-2)12-13-24-5/h9,14H,3,6-8,10-13,20H2,1-2,4-5H3/b16-14+,17-9+. The van der Waals surface area contributed by atoms with Gasteiger partial charge in [0, 0.05) is 45.1 Å². The third-order valence-electron chi connectivity index (χ3n) is 3.73. The fraction of sp³-hybridized carbons (Fsp3) is 0.611. The molecule has 0 saturated heterocycles. The van der Waals surface area contributed by atoms with Gasteiger partial charge in [-0.15, -0.1) is 0 Å². The molecule has 0 heterocycles. The van der Waals surface area contributed by atoms with Crippen molar-refractivity contribution >= 4 is 21.8 Å². The zero-order valence-corrected chi connectivity index (χ0v) is 17.1. The van der Waals surface area contributed by atoms with Crippen LogP contribution < -0.4 is 5.73 Å². The molecule has 0 bridgehead atoms. The van der Waals surface area contributed by atoms with Crippen molar-refractivity contribution in [1.82, 2.24) is 9.80 Å². The van der Waals surface area contributed by atoms with Crippen LogP contribution in [-0.4, -0.2) is 62.7 Å². The summed E-state index contributed by atoms with van der Waals surface area (Å²) in [6.45, 7) is 12.0. The van der Waals surface area contributed by atoms with Crippen LogP contribution in [0.15, 0.2) is 34.5 Å². The summed E-state index contributed by atoms with van der Waals surface area (Å²) in [5.41, 5.74) is 7.08. The highest BCUT2D eigenvalue weighted by Crippen LogP contribution is 2.15. The molecule has 6 heteroatoms. The zero-order valence-electron chi connectivity index (χ0n) is 15.5. The van der Waals surface area contributed by atoms with E-state index < -0.39 is 0 Å². The van der Waals surface area contributed by atoms with Crippen LogP contribution in [-0.2, 0) is 9.53 Å². The Morgan fingerprint density at radius 1 is 1.29 bits per heavy atom. The molecular formula is C18H32BrN3O2. The Morgan fingerprint density at radius 3 is 2.50 bits per heavy atom. The Morgan fingerprint density at radius 2 is 1.96 bits per heavy atom. The van der Waals surface area contributed by atoms with Gasteiger partial charge in [-0.25, -0.2) is 0 Å². The summed E-state index contributed by atoms with van der Waals surface area (Å²) in [7, 11) is 3.50.